The molecule has 0 rings (SSSR count). The molecular weight excluding hydrogens is 653 g/mol. The average molecular weight is 743 g/mol. The van der Waals surface area contributed by atoms with E-state index in [0.29, 0.717) is 6.61 Å². The Hall–Kier alpha value is -0.530. The normalized spacial score (nSPS) is 13.1. The largest absolute Gasteiger partial charge is 0.411 e. The molecule has 0 saturated carbocycles. The average Bonchev–Trinajstić information content (AvgIpc) is 3.01. The minimum absolute atomic E-state index is 0. The fraction of sp³-hybridized carbons (Fsp3) is 1.00. The third-order valence-corrected chi connectivity index (χ3v) is 7.04. The molecule has 2 atom stereocenters. The van der Waals surface area contributed by atoms with Crippen molar-refractivity contribution in [1.29, 1.82) is 0 Å². The molecule has 8 nitrogen and oxygen atoms in total. The summed E-state index contributed by atoms with van der Waals surface area (Å²) in [4.78, 5) is 0. The first-order valence-corrected chi connectivity index (χ1v) is 17.6. The van der Waals surface area contributed by atoms with Crippen LogP contribution in [0.3, 0.4) is 0 Å². The summed E-state index contributed by atoms with van der Waals surface area (Å²) >= 11 is 0. The first-order valence-electron chi connectivity index (χ1n) is 17.6. The van der Waals surface area contributed by atoms with Crippen LogP contribution in [-0.4, -0.2) is 115 Å². The molecule has 0 spiro atoms. The Balaban J connectivity index is -0.0000000939. The Kier molecular flexibility index (Phi) is 57.5. The van der Waals surface area contributed by atoms with Gasteiger partial charge >= 0.3 is 6.18 Å². The number of alkyl halides is 3. The third-order valence-electron chi connectivity index (χ3n) is 7.04. The van der Waals surface area contributed by atoms with Gasteiger partial charge in [-0.1, -0.05) is 95.9 Å². The summed E-state index contributed by atoms with van der Waals surface area (Å²) in [5.41, 5.74) is 0.0221. The van der Waals surface area contributed by atoms with Crippen molar-refractivity contribution in [3.05, 3.63) is 0 Å². The highest BCUT2D eigenvalue weighted by Crippen LogP contribution is 2.24. The van der Waals surface area contributed by atoms with Crippen LogP contribution in [-0.2, 0) is 37.9 Å². The van der Waals surface area contributed by atoms with Gasteiger partial charge < -0.3 is 37.9 Å². The van der Waals surface area contributed by atoms with Gasteiger partial charge in [0.1, 0.15) is 6.61 Å². The lowest BCUT2D eigenvalue weighted by Crippen LogP contribution is -2.30. The van der Waals surface area contributed by atoms with Crippen LogP contribution in [0.15, 0.2) is 0 Å². The van der Waals surface area contributed by atoms with Gasteiger partial charge in [0.05, 0.1) is 39.6 Å². The molecule has 0 aromatic rings. The molecule has 0 amide bonds. The predicted molar refractivity (Wildman–Crippen MR) is 208 cm³/mol. The Morgan fingerprint density at radius 1 is 0.420 bits per heavy atom. The van der Waals surface area contributed by atoms with E-state index in [2.05, 4.69) is 46.3 Å². The van der Waals surface area contributed by atoms with Crippen molar-refractivity contribution in [2.45, 2.75) is 135 Å². The van der Waals surface area contributed by atoms with Gasteiger partial charge in [0, 0.05) is 78.7 Å². The van der Waals surface area contributed by atoms with Crippen molar-refractivity contribution in [3.8, 4) is 0 Å². The van der Waals surface area contributed by atoms with E-state index in [1.807, 2.05) is 20.8 Å². The maximum atomic E-state index is 11.8. The highest BCUT2D eigenvalue weighted by atomic mass is 19.4. The van der Waals surface area contributed by atoms with E-state index in [1.165, 1.54) is 45.6 Å². The molecule has 0 bridgehead atoms. The smallest absolute Gasteiger partial charge is 0.385 e. The quantitative estimate of drug-likeness (QED) is 0.0905. The lowest BCUT2D eigenvalue weighted by Gasteiger charge is -2.27. The number of methoxy groups -OCH3 is 6. The summed E-state index contributed by atoms with van der Waals surface area (Å²) in [6, 6.07) is 0. The first-order chi connectivity index (χ1) is 22.5. The highest BCUT2D eigenvalue weighted by molar-refractivity contribution is 4.72. The molecule has 0 saturated heterocycles. The first kappa shape index (κ1) is 64.4. The van der Waals surface area contributed by atoms with E-state index in [0.717, 1.165) is 59.1 Å². The monoisotopic (exact) mass is 743 g/mol. The second-order valence-corrected chi connectivity index (χ2v) is 13.4. The standard InChI is InChI=1S/C9H17F3O2.C9H20O2.C7H16O2.2C6H14O.2CH4/c1-4-8(2,5-13-3)6-14-7-9(10,11)12;1-5-9(3,7-10-4)8-11-6-2;1-7(2,5-8-3)6-9-4;2*1-3-4-5-6-7-2;;/h4-7H2,1-3H3;5-8H2,1-4H3;5-6H2,1-4H3;2*3-6H2,1-2H3;2*1H4. The van der Waals surface area contributed by atoms with Crippen LogP contribution in [0.2, 0.25) is 0 Å². The number of ether oxygens (including phenoxy) is 8. The number of hydrogen-bond acceptors (Lipinski definition) is 8. The molecule has 0 aliphatic carbocycles. The van der Waals surface area contributed by atoms with Crippen LogP contribution in [0.4, 0.5) is 13.2 Å². The van der Waals surface area contributed by atoms with Crippen LogP contribution in [0.25, 0.3) is 0 Å². The van der Waals surface area contributed by atoms with Crippen LogP contribution in [0.1, 0.15) is 129 Å². The SMILES string of the molecule is C.C.CCC(C)(COC)COCC(F)(F)F.CCCCCOC.CCCCCOC.CCOCC(C)(CC)COC.COCC(C)(C)COC. The lowest BCUT2D eigenvalue weighted by atomic mass is 9.90. The maximum absolute atomic E-state index is 11.8. The van der Waals surface area contributed by atoms with E-state index in [4.69, 9.17) is 33.2 Å². The maximum Gasteiger partial charge on any atom is 0.411 e. The van der Waals surface area contributed by atoms with Crippen molar-refractivity contribution in [3.63, 3.8) is 0 Å². The van der Waals surface area contributed by atoms with Crippen LogP contribution >= 0.6 is 0 Å². The van der Waals surface area contributed by atoms with Crippen molar-refractivity contribution in [2.24, 2.45) is 16.2 Å². The van der Waals surface area contributed by atoms with Gasteiger partial charge in [-0.15, -0.1) is 0 Å². The fourth-order valence-electron chi connectivity index (χ4n) is 3.77. The zero-order chi connectivity index (χ0) is 38.4. The molecule has 0 aliphatic rings. The Morgan fingerprint density at radius 3 is 1.00 bits per heavy atom. The molecule has 0 heterocycles. The summed E-state index contributed by atoms with van der Waals surface area (Å²) in [7, 11) is 10.2. The number of halogens is 3. The van der Waals surface area contributed by atoms with E-state index >= 15 is 0 Å². The van der Waals surface area contributed by atoms with Gasteiger partial charge in [-0.05, 0) is 32.6 Å². The summed E-state index contributed by atoms with van der Waals surface area (Å²) in [6.07, 6.45) is 5.16. The second-order valence-electron chi connectivity index (χ2n) is 13.4. The second kappa shape index (κ2) is 44.6. The Bertz CT molecular complexity index is 572. The minimum Gasteiger partial charge on any atom is -0.385 e. The zero-order valence-corrected chi connectivity index (χ0v) is 34.1. The van der Waals surface area contributed by atoms with Crippen molar-refractivity contribution < 1.29 is 51.1 Å². The van der Waals surface area contributed by atoms with Gasteiger partial charge in [-0.2, -0.15) is 13.2 Å². The van der Waals surface area contributed by atoms with Gasteiger partial charge in [-0.25, -0.2) is 0 Å². The summed E-state index contributed by atoms with van der Waals surface area (Å²) in [5.74, 6) is 0. The zero-order valence-electron chi connectivity index (χ0n) is 34.1. The van der Waals surface area contributed by atoms with Crippen LogP contribution < -0.4 is 0 Å². The van der Waals surface area contributed by atoms with Crippen LogP contribution in [0, 0.1) is 16.2 Å². The summed E-state index contributed by atoms with van der Waals surface area (Å²) in [6.45, 7) is 23.7. The molecular formula is C39H89F3O8. The van der Waals surface area contributed by atoms with E-state index < -0.39 is 12.8 Å². The molecule has 0 fully saturated rings. The van der Waals surface area contributed by atoms with E-state index in [1.54, 1.807) is 35.5 Å². The number of unbranched alkanes of at least 4 members (excludes halogenated alkanes) is 4. The molecule has 11 heteroatoms. The predicted octanol–water partition coefficient (Wildman–Crippen LogP) is 10.9. The highest BCUT2D eigenvalue weighted by Gasteiger charge is 2.30. The molecule has 0 aliphatic heterocycles. The molecule has 2 unspecified atom stereocenters. The Labute approximate surface area is 310 Å². The van der Waals surface area contributed by atoms with E-state index in [9.17, 15) is 13.2 Å². The summed E-state index contributed by atoms with van der Waals surface area (Å²) in [5, 5.41) is 0. The van der Waals surface area contributed by atoms with Gasteiger partial charge in [0.15, 0.2) is 0 Å². The van der Waals surface area contributed by atoms with Crippen molar-refractivity contribution in [2.75, 3.05) is 109 Å². The number of hydrogen-bond donors (Lipinski definition) is 0. The molecule has 0 N–H and O–H groups in total. The third kappa shape index (κ3) is 56.8. The molecule has 0 aromatic carbocycles. The molecule has 0 aromatic heterocycles. The van der Waals surface area contributed by atoms with E-state index in [-0.39, 0.29) is 37.7 Å². The lowest BCUT2D eigenvalue weighted by molar-refractivity contribution is -0.182. The topological polar surface area (TPSA) is 73.8 Å². The van der Waals surface area contributed by atoms with Gasteiger partial charge in [0.2, 0.25) is 0 Å². The Morgan fingerprint density at radius 2 is 0.760 bits per heavy atom. The van der Waals surface area contributed by atoms with Gasteiger partial charge in [-0.3, -0.25) is 0 Å². The van der Waals surface area contributed by atoms with Gasteiger partial charge in [0.25, 0.3) is 0 Å². The summed E-state index contributed by atoms with van der Waals surface area (Å²) < 4.78 is 74.9. The minimum atomic E-state index is -4.25. The number of rotatable bonds is 24. The van der Waals surface area contributed by atoms with Crippen molar-refractivity contribution >= 4 is 0 Å². The molecule has 0 radical (unpaired) electrons. The molecule has 50 heavy (non-hydrogen) atoms. The van der Waals surface area contributed by atoms with Crippen molar-refractivity contribution in [1.82, 2.24) is 0 Å². The molecule has 314 valence electrons. The van der Waals surface area contributed by atoms with Crippen LogP contribution in [0.5, 0.6) is 0 Å². The fourth-order valence-corrected chi connectivity index (χ4v) is 3.77.